The lowest BCUT2D eigenvalue weighted by molar-refractivity contribution is 0.112. The summed E-state index contributed by atoms with van der Waals surface area (Å²) < 4.78 is 1.99. The van der Waals surface area contributed by atoms with Crippen LogP contribution in [0.2, 0.25) is 0 Å². The molecule has 0 aromatic carbocycles. The zero-order chi connectivity index (χ0) is 13.2. The molecule has 0 amide bonds. The maximum atomic E-state index is 10.8. The van der Waals surface area contributed by atoms with Gasteiger partial charge in [-0.3, -0.25) is 4.79 Å². The van der Waals surface area contributed by atoms with Gasteiger partial charge in [-0.2, -0.15) is 0 Å². The molecule has 100 valence electrons. The number of nitrogens with zero attached hydrogens (tertiary/aromatic N) is 3. The summed E-state index contributed by atoms with van der Waals surface area (Å²) in [6.07, 6.45) is 9.72. The lowest BCUT2D eigenvalue weighted by atomic mass is 9.99. The number of hydrogen-bond acceptors (Lipinski definition) is 3. The molecule has 4 heteroatoms. The van der Waals surface area contributed by atoms with Crippen LogP contribution >= 0.6 is 0 Å². The average molecular weight is 257 g/mol. The van der Waals surface area contributed by atoms with Crippen molar-refractivity contribution in [3.63, 3.8) is 0 Å². The van der Waals surface area contributed by atoms with Gasteiger partial charge in [0, 0.05) is 30.4 Å². The van der Waals surface area contributed by atoms with Crippen molar-refractivity contribution in [2.45, 2.75) is 31.7 Å². The number of pyridine rings is 1. The fourth-order valence-electron chi connectivity index (χ4n) is 2.87. The van der Waals surface area contributed by atoms with Crippen LogP contribution < -0.4 is 0 Å². The Labute approximate surface area is 113 Å². The predicted molar refractivity (Wildman–Crippen MR) is 74.6 cm³/mol. The van der Waals surface area contributed by atoms with E-state index in [0.717, 1.165) is 24.0 Å². The lowest BCUT2D eigenvalue weighted by Gasteiger charge is -2.31. The fraction of sp³-hybridized carbons (Fsp3) is 0.467. The second-order valence-electron chi connectivity index (χ2n) is 5.41. The summed E-state index contributed by atoms with van der Waals surface area (Å²) in [6, 6.07) is 4.25. The van der Waals surface area contributed by atoms with Crippen molar-refractivity contribution >= 4 is 11.9 Å². The fourth-order valence-corrected chi connectivity index (χ4v) is 2.87. The van der Waals surface area contributed by atoms with Crippen molar-refractivity contribution in [2.75, 3.05) is 13.6 Å². The first kappa shape index (κ1) is 12.4. The van der Waals surface area contributed by atoms with E-state index in [1.807, 2.05) is 22.7 Å². The zero-order valence-corrected chi connectivity index (χ0v) is 11.2. The molecule has 0 aliphatic carbocycles. The highest BCUT2D eigenvalue weighted by atomic mass is 16.1. The maximum Gasteiger partial charge on any atom is 0.150 e. The summed E-state index contributed by atoms with van der Waals surface area (Å²) in [5.41, 5.74) is 2.65. The first-order valence-corrected chi connectivity index (χ1v) is 6.89. The molecule has 1 atom stereocenters. The van der Waals surface area contributed by atoms with E-state index in [2.05, 4.69) is 23.1 Å². The number of hydrogen-bond donors (Lipinski definition) is 0. The second-order valence-corrected chi connectivity index (χ2v) is 5.41. The Kier molecular flexibility index (Phi) is 3.34. The minimum absolute atomic E-state index is 0.601. The number of imidazole rings is 1. The summed E-state index contributed by atoms with van der Waals surface area (Å²) in [4.78, 5) is 17.8. The van der Waals surface area contributed by atoms with Crippen molar-refractivity contribution in [2.24, 2.45) is 0 Å². The molecule has 1 fully saturated rings. The zero-order valence-electron chi connectivity index (χ0n) is 11.2. The average Bonchev–Trinajstić information content (AvgIpc) is 2.82. The van der Waals surface area contributed by atoms with Gasteiger partial charge < -0.3 is 9.30 Å². The van der Waals surface area contributed by atoms with Crippen LogP contribution in [0.4, 0.5) is 0 Å². The van der Waals surface area contributed by atoms with E-state index in [1.54, 1.807) is 0 Å². The van der Waals surface area contributed by atoms with Crippen molar-refractivity contribution in [3.05, 3.63) is 35.8 Å². The van der Waals surface area contributed by atoms with Crippen LogP contribution in [0.1, 0.15) is 35.3 Å². The van der Waals surface area contributed by atoms with Gasteiger partial charge in [0.15, 0.2) is 0 Å². The maximum absolute atomic E-state index is 10.8. The van der Waals surface area contributed by atoms with Gasteiger partial charge in [0.1, 0.15) is 11.9 Å². The third-order valence-corrected chi connectivity index (χ3v) is 4.04. The summed E-state index contributed by atoms with van der Waals surface area (Å²) in [7, 11) is 2.20. The van der Waals surface area contributed by atoms with Gasteiger partial charge in [-0.1, -0.05) is 6.42 Å². The third-order valence-electron chi connectivity index (χ3n) is 4.04. The third kappa shape index (κ3) is 2.54. The number of piperidine rings is 1. The SMILES string of the molecule is CN1CCCCC1Cc1cn2ccc(C=O)cc2n1. The molecular weight excluding hydrogens is 238 g/mol. The van der Waals surface area contributed by atoms with Crippen LogP contribution in [0.25, 0.3) is 5.65 Å². The number of fused-ring (bicyclic) bond motifs is 1. The first-order chi connectivity index (χ1) is 9.26. The van der Waals surface area contributed by atoms with E-state index in [-0.39, 0.29) is 0 Å². The smallest absolute Gasteiger partial charge is 0.150 e. The Balaban J connectivity index is 1.82. The molecule has 2 aromatic heterocycles. The van der Waals surface area contributed by atoms with E-state index in [4.69, 9.17) is 0 Å². The molecule has 1 aliphatic heterocycles. The van der Waals surface area contributed by atoms with Crippen molar-refractivity contribution < 1.29 is 4.79 Å². The summed E-state index contributed by atoms with van der Waals surface area (Å²) in [5.74, 6) is 0. The Morgan fingerprint density at radius 1 is 1.47 bits per heavy atom. The van der Waals surface area contributed by atoms with Crippen LogP contribution in [0, 0.1) is 0 Å². The molecule has 19 heavy (non-hydrogen) atoms. The number of aldehydes is 1. The molecule has 1 aliphatic rings. The van der Waals surface area contributed by atoms with Crippen LogP contribution in [0.3, 0.4) is 0 Å². The number of aromatic nitrogens is 2. The van der Waals surface area contributed by atoms with Gasteiger partial charge in [0.2, 0.25) is 0 Å². The van der Waals surface area contributed by atoms with E-state index in [0.29, 0.717) is 11.6 Å². The molecule has 3 heterocycles. The van der Waals surface area contributed by atoms with Gasteiger partial charge in [-0.25, -0.2) is 4.98 Å². The van der Waals surface area contributed by atoms with E-state index >= 15 is 0 Å². The first-order valence-electron chi connectivity index (χ1n) is 6.89. The monoisotopic (exact) mass is 257 g/mol. The van der Waals surface area contributed by atoms with E-state index in [1.165, 1.54) is 25.8 Å². The predicted octanol–water partition coefficient (Wildman–Crippen LogP) is 2.17. The normalized spacial score (nSPS) is 20.8. The van der Waals surface area contributed by atoms with Crippen LogP contribution in [0.15, 0.2) is 24.5 Å². The van der Waals surface area contributed by atoms with E-state index in [9.17, 15) is 4.79 Å². The topological polar surface area (TPSA) is 37.6 Å². The highest BCUT2D eigenvalue weighted by molar-refractivity contribution is 5.76. The van der Waals surface area contributed by atoms with Crippen LogP contribution in [-0.2, 0) is 6.42 Å². The highest BCUT2D eigenvalue weighted by Gasteiger charge is 2.20. The van der Waals surface area contributed by atoms with Crippen molar-refractivity contribution in [3.8, 4) is 0 Å². The molecule has 1 saturated heterocycles. The minimum atomic E-state index is 0.601. The highest BCUT2D eigenvalue weighted by Crippen LogP contribution is 2.19. The second kappa shape index (κ2) is 5.13. The van der Waals surface area contributed by atoms with Crippen molar-refractivity contribution in [1.29, 1.82) is 0 Å². The van der Waals surface area contributed by atoms with Gasteiger partial charge in [-0.15, -0.1) is 0 Å². The molecule has 0 N–H and O–H groups in total. The Morgan fingerprint density at radius 2 is 2.37 bits per heavy atom. The number of likely N-dealkylation sites (N-methyl/N-ethyl adjacent to an activating group) is 1. The molecule has 0 bridgehead atoms. The summed E-state index contributed by atoms with van der Waals surface area (Å²) >= 11 is 0. The quantitative estimate of drug-likeness (QED) is 0.791. The molecule has 0 spiro atoms. The van der Waals surface area contributed by atoms with Crippen LogP contribution in [-0.4, -0.2) is 40.2 Å². The van der Waals surface area contributed by atoms with Gasteiger partial charge >= 0.3 is 0 Å². The minimum Gasteiger partial charge on any atom is -0.307 e. The summed E-state index contributed by atoms with van der Waals surface area (Å²) in [5, 5.41) is 0. The Hall–Kier alpha value is -1.68. The molecule has 0 radical (unpaired) electrons. The lowest BCUT2D eigenvalue weighted by Crippen LogP contribution is -2.37. The number of carbonyl (C=O) groups excluding carboxylic acids is 1. The van der Waals surface area contributed by atoms with Gasteiger partial charge in [0.25, 0.3) is 0 Å². The summed E-state index contributed by atoms with van der Waals surface area (Å²) in [6.45, 7) is 1.19. The molecular formula is C15H19N3O. The molecule has 2 aromatic rings. The molecule has 0 saturated carbocycles. The van der Waals surface area contributed by atoms with Crippen LogP contribution in [0.5, 0.6) is 0 Å². The number of likely N-dealkylation sites (tertiary alicyclic amines) is 1. The Morgan fingerprint density at radius 3 is 3.16 bits per heavy atom. The van der Waals surface area contributed by atoms with E-state index < -0.39 is 0 Å². The standard InChI is InChI=1S/C15H19N3O/c1-17-6-3-2-4-14(17)9-13-10-18-7-5-12(11-19)8-15(18)16-13/h5,7-8,10-11,14H,2-4,6,9H2,1H3. The molecule has 3 rings (SSSR count). The Bertz CT molecular complexity index is 590. The number of rotatable bonds is 3. The van der Waals surface area contributed by atoms with Gasteiger partial charge in [0.05, 0.1) is 5.69 Å². The number of carbonyl (C=O) groups is 1. The molecule has 1 unspecified atom stereocenters. The molecule has 4 nitrogen and oxygen atoms in total. The van der Waals surface area contributed by atoms with Gasteiger partial charge in [-0.05, 0) is 38.6 Å². The van der Waals surface area contributed by atoms with Crippen molar-refractivity contribution in [1.82, 2.24) is 14.3 Å². The largest absolute Gasteiger partial charge is 0.307 e.